The lowest BCUT2D eigenvalue weighted by atomic mass is 9.98. The van der Waals surface area contributed by atoms with E-state index in [0.717, 1.165) is 22.1 Å². The summed E-state index contributed by atoms with van der Waals surface area (Å²) in [6.07, 6.45) is -1.04. The van der Waals surface area contributed by atoms with Gasteiger partial charge in [0.15, 0.2) is 0 Å². The summed E-state index contributed by atoms with van der Waals surface area (Å²) in [4.78, 5) is 22.8. The van der Waals surface area contributed by atoms with Gasteiger partial charge in [-0.25, -0.2) is 0 Å². The second-order valence-corrected chi connectivity index (χ2v) is 5.78. The Morgan fingerprint density at radius 1 is 1.04 bits per heavy atom. The first-order valence-corrected chi connectivity index (χ1v) is 7.96. The summed E-state index contributed by atoms with van der Waals surface area (Å²) in [5, 5.41) is 11.6. The minimum atomic E-state index is -1.04. The Hall–Kier alpha value is -2.60. The van der Waals surface area contributed by atoms with Crippen molar-refractivity contribution in [1.82, 2.24) is 0 Å². The van der Waals surface area contributed by atoms with Crippen LogP contribution in [0.1, 0.15) is 25.3 Å². The van der Waals surface area contributed by atoms with Gasteiger partial charge in [0.2, 0.25) is 0 Å². The fourth-order valence-corrected chi connectivity index (χ4v) is 2.34. The van der Waals surface area contributed by atoms with Crippen LogP contribution in [0.15, 0.2) is 36.4 Å². The number of aliphatic hydroxyl groups excluding tert-OH is 1. The lowest BCUT2D eigenvalue weighted by Gasteiger charge is -2.15. The Kier molecular flexibility index (Phi) is 6.36. The molecule has 25 heavy (non-hydrogen) atoms. The largest absolute Gasteiger partial charge is 0.497 e. The number of hydrogen-bond donors (Lipinski definition) is 1. The van der Waals surface area contributed by atoms with Gasteiger partial charge in [-0.15, -0.1) is 0 Å². The average Bonchev–Trinajstić information content (AvgIpc) is 2.62. The van der Waals surface area contributed by atoms with E-state index < -0.39 is 24.0 Å². The standard InChI is InChI=1S/C19H22O6/c1-12(19(22)25-11-17(21)10-24-13(2)20)14-4-5-16-9-18(23-3)7-6-15(16)8-14/h4-9,12,17,21H,10-11H2,1-3H3. The number of methoxy groups -OCH3 is 1. The van der Waals surface area contributed by atoms with E-state index in [0.29, 0.717) is 0 Å². The van der Waals surface area contributed by atoms with Gasteiger partial charge in [0.05, 0.1) is 13.0 Å². The molecule has 0 saturated heterocycles. The SMILES string of the molecule is COc1ccc2cc(C(C)C(=O)OCC(O)COC(C)=O)ccc2c1. The van der Waals surface area contributed by atoms with E-state index in [1.165, 1.54) is 6.92 Å². The van der Waals surface area contributed by atoms with E-state index in [1.807, 2.05) is 36.4 Å². The molecule has 134 valence electrons. The van der Waals surface area contributed by atoms with Crippen LogP contribution in [0.5, 0.6) is 5.75 Å². The molecule has 0 amide bonds. The molecule has 0 aliphatic carbocycles. The fraction of sp³-hybridized carbons (Fsp3) is 0.368. The molecular weight excluding hydrogens is 324 g/mol. The number of esters is 2. The van der Waals surface area contributed by atoms with Gasteiger partial charge < -0.3 is 19.3 Å². The fourth-order valence-electron chi connectivity index (χ4n) is 2.34. The van der Waals surface area contributed by atoms with Crippen molar-refractivity contribution in [1.29, 1.82) is 0 Å². The normalized spacial score (nSPS) is 13.1. The minimum Gasteiger partial charge on any atom is -0.497 e. The summed E-state index contributed by atoms with van der Waals surface area (Å²) < 4.78 is 15.0. The smallest absolute Gasteiger partial charge is 0.313 e. The first-order valence-electron chi connectivity index (χ1n) is 7.96. The van der Waals surface area contributed by atoms with Gasteiger partial charge in [0.25, 0.3) is 0 Å². The molecule has 2 unspecified atom stereocenters. The molecule has 0 saturated carbocycles. The Balaban J connectivity index is 1.99. The number of carbonyl (C=O) groups excluding carboxylic acids is 2. The van der Waals surface area contributed by atoms with Crippen molar-refractivity contribution in [3.8, 4) is 5.75 Å². The van der Waals surface area contributed by atoms with Crippen LogP contribution in [0.25, 0.3) is 10.8 Å². The summed E-state index contributed by atoms with van der Waals surface area (Å²) in [7, 11) is 1.61. The molecule has 2 rings (SSSR count). The number of benzene rings is 2. The third-order valence-corrected chi connectivity index (χ3v) is 3.82. The highest BCUT2D eigenvalue weighted by Gasteiger charge is 2.19. The van der Waals surface area contributed by atoms with Gasteiger partial charge in [-0.2, -0.15) is 0 Å². The average molecular weight is 346 g/mol. The number of fused-ring (bicyclic) bond motifs is 1. The zero-order chi connectivity index (χ0) is 18.4. The summed E-state index contributed by atoms with van der Waals surface area (Å²) in [6, 6.07) is 11.4. The van der Waals surface area contributed by atoms with Gasteiger partial charge in [-0.3, -0.25) is 9.59 Å². The molecule has 6 heteroatoms. The molecule has 1 N–H and O–H groups in total. The molecule has 0 aliphatic rings. The van der Waals surface area contributed by atoms with Crippen LogP contribution in [0.4, 0.5) is 0 Å². The van der Waals surface area contributed by atoms with Crippen molar-refractivity contribution in [2.45, 2.75) is 25.9 Å². The third-order valence-electron chi connectivity index (χ3n) is 3.82. The van der Waals surface area contributed by atoms with Crippen molar-refractivity contribution >= 4 is 22.7 Å². The van der Waals surface area contributed by atoms with Crippen LogP contribution < -0.4 is 4.74 Å². The van der Waals surface area contributed by atoms with Crippen molar-refractivity contribution in [2.75, 3.05) is 20.3 Å². The van der Waals surface area contributed by atoms with Gasteiger partial charge in [-0.1, -0.05) is 24.3 Å². The summed E-state index contributed by atoms with van der Waals surface area (Å²) in [5.74, 6) is -0.650. The molecule has 2 aromatic rings. The van der Waals surface area contributed by atoms with Gasteiger partial charge in [-0.05, 0) is 35.4 Å². The molecule has 0 bridgehead atoms. The minimum absolute atomic E-state index is 0.200. The van der Waals surface area contributed by atoms with E-state index in [-0.39, 0.29) is 13.2 Å². The maximum absolute atomic E-state index is 12.2. The van der Waals surface area contributed by atoms with E-state index in [9.17, 15) is 14.7 Å². The Morgan fingerprint density at radius 3 is 2.36 bits per heavy atom. The molecule has 0 aliphatic heterocycles. The topological polar surface area (TPSA) is 82.1 Å². The van der Waals surface area contributed by atoms with Gasteiger partial charge in [0, 0.05) is 6.92 Å². The zero-order valence-corrected chi connectivity index (χ0v) is 14.5. The highest BCUT2D eigenvalue weighted by atomic mass is 16.6. The van der Waals surface area contributed by atoms with Crippen molar-refractivity contribution < 1.29 is 28.9 Å². The van der Waals surface area contributed by atoms with Gasteiger partial charge >= 0.3 is 11.9 Å². The van der Waals surface area contributed by atoms with Crippen LogP contribution in [-0.2, 0) is 19.1 Å². The maximum Gasteiger partial charge on any atom is 0.313 e. The van der Waals surface area contributed by atoms with E-state index in [1.54, 1.807) is 14.0 Å². The van der Waals surface area contributed by atoms with Crippen LogP contribution >= 0.6 is 0 Å². The zero-order valence-electron chi connectivity index (χ0n) is 14.5. The van der Waals surface area contributed by atoms with E-state index >= 15 is 0 Å². The monoisotopic (exact) mass is 346 g/mol. The molecule has 0 radical (unpaired) electrons. The second-order valence-electron chi connectivity index (χ2n) is 5.78. The van der Waals surface area contributed by atoms with E-state index in [4.69, 9.17) is 9.47 Å². The molecule has 2 aromatic carbocycles. The molecular formula is C19H22O6. The number of aliphatic hydroxyl groups is 1. The van der Waals surface area contributed by atoms with E-state index in [2.05, 4.69) is 4.74 Å². The second kappa shape index (κ2) is 8.48. The molecule has 0 aromatic heterocycles. The number of hydrogen-bond acceptors (Lipinski definition) is 6. The summed E-state index contributed by atoms with van der Waals surface area (Å²) in [6.45, 7) is 2.57. The Bertz CT molecular complexity index is 755. The number of carbonyl (C=O) groups is 2. The first kappa shape index (κ1) is 18.7. The predicted molar refractivity (Wildman–Crippen MR) is 92.5 cm³/mol. The van der Waals surface area contributed by atoms with Crippen molar-refractivity contribution in [3.63, 3.8) is 0 Å². The summed E-state index contributed by atoms with van der Waals surface area (Å²) >= 11 is 0. The summed E-state index contributed by atoms with van der Waals surface area (Å²) in [5.41, 5.74) is 0.817. The van der Waals surface area contributed by atoms with Gasteiger partial charge in [0.1, 0.15) is 25.1 Å². The maximum atomic E-state index is 12.2. The quantitative estimate of drug-likeness (QED) is 0.776. The van der Waals surface area contributed by atoms with Crippen LogP contribution in [0.3, 0.4) is 0 Å². The predicted octanol–water partition coefficient (Wildman–Crippen LogP) is 2.42. The Labute approximate surface area is 146 Å². The lowest BCUT2D eigenvalue weighted by Crippen LogP contribution is -2.26. The van der Waals surface area contributed by atoms with Crippen molar-refractivity contribution in [2.24, 2.45) is 0 Å². The highest BCUT2D eigenvalue weighted by Crippen LogP contribution is 2.25. The molecule has 0 fully saturated rings. The lowest BCUT2D eigenvalue weighted by molar-refractivity contribution is -0.152. The number of rotatable bonds is 7. The van der Waals surface area contributed by atoms with Crippen LogP contribution in [0.2, 0.25) is 0 Å². The first-order chi connectivity index (χ1) is 11.9. The molecule has 2 atom stereocenters. The van der Waals surface area contributed by atoms with Crippen LogP contribution in [0, 0.1) is 0 Å². The number of ether oxygens (including phenoxy) is 3. The van der Waals surface area contributed by atoms with Crippen LogP contribution in [-0.4, -0.2) is 43.5 Å². The molecule has 0 heterocycles. The molecule has 0 spiro atoms. The van der Waals surface area contributed by atoms with Crippen molar-refractivity contribution in [3.05, 3.63) is 42.0 Å². The molecule has 6 nitrogen and oxygen atoms in total. The highest BCUT2D eigenvalue weighted by molar-refractivity contribution is 5.86. The Morgan fingerprint density at radius 2 is 1.68 bits per heavy atom. The third kappa shape index (κ3) is 5.19.